The van der Waals surface area contributed by atoms with Crippen LogP contribution in [-0.2, 0) is 4.74 Å². The number of carbonyl (C=O) groups excluding carboxylic acids is 1. The van der Waals surface area contributed by atoms with Crippen molar-refractivity contribution in [3.8, 4) is 0 Å². The van der Waals surface area contributed by atoms with Crippen LogP contribution in [0.2, 0.25) is 0 Å². The van der Waals surface area contributed by atoms with Gasteiger partial charge in [0, 0.05) is 12.4 Å². The molecule has 2 rings (SSSR count). The Balaban J connectivity index is 1.79. The van der Waals surface area contributed by atoms with Gasteiger partial charge in [-0.05, 0) is 25.9 Å². The van der Waals surface area contributed by atoms with Gasteiger partial charge in [0.2, 0.25) is 0 Å². The third-order valence-electron chi connectivity index (χ3n) is 2.62. The molecule has 1 aliphatic rings. The van der Waals surface area contributed by atoms with Gasteiger partial charge in [0.15, 0.2) is 5.78 Å². The fourth-order valence-corrected chi connectivity index (χ4v) is 1.68. The summed E-state index contributed by atoms with van der Waals surface area (Å²) in [6.07, 6.45) is 6.58. The topological polar surface area (TPSA) is 64.1 Å². The molecule has 0 amide bonds. The standard InChI is InChI=1S/C11H15N3O2/c15-11(9-5-13-8-14-6-9)7-16-10-1-3-12-4-2-10/h5-6,8,10,12H,1-4,7H2. The molecule has 0 unspecified atom stereocenters. The molecule has 1 fully saturated rings. The van der Waals surface area contributed by atoms with Crippen molar-refractivity contribution in [1.82, 2.24) is 15.3 Å². The summed E-state index contributed by atoms with van der Waals surface area (Å²) >= 11 is 0. The number of nitrogens with one attached hydrogen (secondary N) is 1. The zero-order valence-electron chi connectivity index (χ0n) is 9.06. The second kappa shape index (κ2) is 5.67. The molecular formula is C11H15N3O2. The highest BCUT2D eigenvalue weighted by Gasteiger charge is 2.15. The van der Waals surface area contributed by atoms with Gasteiger partial charge in [-0.1, -0.05) is 0 Å². The van der Waals surface area contributed by atoms with Crippen molar-refractivity contribution in [2.24, 2.45) is 0 Å². The lowest BCUT2D eigenvalue weighted by Crippen LogP contribution is -2.33. The highest BCUT2D eigenvalue weighted by Crippen LogP contribution is 2.08. The maximum Gasteiger partial charge on any atom is 0.191 e. The van der Waals surface area contributed by atoms with E-state index in [0.29, 0.717) is 5.56 Å². The minimum Gasteiger partial charge on any atom is -0.370 e. The van der Waals surface area contributed by atoms with E-state index in [0.717, 1.165) is 25.9 Å². The monoisotopic (exact) mass is 221 g/mol. The predicted molar refractivity (Wildman–Crippen MR) is 58.2 cm³/mol. The average Bonchev–Trinajstić information content (AvgIpc) is 2.38. The molecule has 1 aliphatic heterocycles. The van der Waals surface area contributed by atoms with E-state index in [1.54, 1.807) is 0 Å². The first-order valence-electron chi connectivity index (χ1n) is 5.47. The smallest absolute Gasteiger partial charge is 0.191 e. The number of Topliss-reactive ketones (excluding diaryl/α,β-unsaturated/α-hetero) is 1. The molecule has 0 spiro atoms. The second-order valence-corrected chi connectivity index (χ2v) is 3.81. The van der Waals surface area contributed by atoms with E-state index in [1.807, 2.05) is 0 Å². The van der Waals surface area contributed by atoms with E-state index < -0.39 is 0 Å². The zero-order chi connectivity index (χ0) is 11.2. The number of piperidine rings is 1. The first-order chi connectivity index (χ1) is 7.86. The van der Waals surface area contributed by atoms with Gasteiger partial charge in [0.05, 0.1) is 11.7 Å². The summed E-state index contributed by atoms with van der Waals surface area (Å²) in [4.78, 5) is 19.3. The summed E-state index contributed by atoms with van der Waals surface area (Å²) < 4.78 is 5.55. The summed E-state index contributed by atoms with van der Waals surface area (Å²) in [5.74, 6) is -0.0564. The van der Waals surface area contributed by atoms with Crippen LogP contribution in [0.1, 0.15) is 23.2 Å². The molecule has 0 radical (unpaired) electrons. The predicted octanol–water partition coefficient (Wildman–Crippen LogP) is 0.428. The van der Waals surface area contributed by atoms with Crippen LogP contribution in [0.25, 0.3) is 0 Å². The maximum absolute atomic E-state index is 11.7. The molecule has 0 aromatic carbocycles. The van der Waals surface area contributed by atoms with Gasteiger partial charge in [0.1, 0.15) is 12.9 Å². The Morgan fingerprint density at radius 1 is 1.38 bits per heavy atom. The summed E-state index contributed by atoms with van der Waals surface area (Å²) in [7, 11) is 0. The quantitative estimate of drug-likeness (QED) is 0.747. The van der Waals surface area contributed by atoms with Crippen LogP contribution < -0.4 is 5.32 Å². The van der Waals surface area contributed by atoms with Gasteiger partial charge in [-0.3, -0.25) is 4.79 Å². The third-order valence-corrected chi connectivity index (χ3v) is 2.62. The number of ketones is 1. The van der Waals surface area contributed by atoms with E-state index in [4.69, 9.17) is 4.74 Å². The number of aromatic nitrogens is 2. The Hall–Kier alpha value is -1.33. The molecule has 0 aliphatic carbocycles. The number of hydrogen-bond acceptors (Lipinski definition) is 5. The van der Waals surface area contributed by atoms with Gasteiger partial charge in [0.25, 0.3) is 0 Å². The number of rotatable bonds is 4. The molecule has 1 N–H and O–H groups in total. The molecule has 0 atom stereocenters. The number of hydrogen-bond donors (Lipinski definition) is 1. The second-order valence-electron chi connectivity index (χ2n) is 3.81. The van der Waals surface area contributed by atoms with Crippen molar-refractivity contribution in [3.63, 3.8) is 0 Å². The largest absolute Gasteiger partial charge is 0.370 e. The van der Waals surface area contributed by atoms with Crippen LogP contribution in [0.4, 0.5) is 0 Å². The molecule has 16 heavy (non-hydrogen) atoms. The van der Waals surface area contributed by atoms with Crippen LogP contribution in [0.3, 0.4) is 0 Å². The average molecular weight is 221 g/mol. The number of ether oxygens (including phenoxy) is 1. The lowest BCUT2D eigenvalue weighted by Gasteiger charge is -2.22. The third kappa shape index (κ3) is 3.08. The maximum atomic E-state index is 11.7. The summed E-state index contributed by atoms with van der Waals surface area (Å²) in [5, 5.41) is 3.25. The van der Waals surface area contributed by atoms with Crippen molar-refractivity contribution in [2.45, 2.75) is 18.9 Å². The summed E-state index contributed by atoms with van der Waals surface area (Å²) in [6.45, 7) is 2.05. The molecule has 5 heteroatoms. The molecular weight excluding hydrogens is 206 g/mol. The molecule has 0 saturated carbocycles. The van der Waals surface area contributed by atoms with Crippen LogP contribution >= 0.6 is 0 Å². The van der Waals surface area contributed by atoms with Crippen molar-refractivity contribution in [3.05, 3.63) is 24.3 Å². The van der Waals surface area contributed by atoms with E-state index in [-0.39, 0.29) is 18.5 Å². The lowest BCUT2D eigenvalue weighted by molar-refractivity contribution is 0.0317. The van der Waals surface area contributed by atoms with Crippen molar-refractivity contribution < 1.29 is 9.53 Å². The molecule has 2 heterocycles. The molecule has 5 nitrogen and oxygen atoms in total. The molecule has 1 saturated heterocycles. The normalized spacial score (nSPS) is 17.2. The van der Waals surface area contributed by atoms with Crippen LogP contribution in [-0.4, -0.2) is 41.6 Å². The highest BCUT2D eigenvalue weighted by atomic mass is 16.5. The van der Waals surface area contributed by atoms with Gasteiger partial charge in [-0.25, -0.2) is 9.97 Å². The molecule has 1 aromatic rings. The lowest BCUT2D eigenvalue weighted by atomic mass is 10.1. The molecule has 86 valence electrons. The van der Waals surface area contributed by atoms with E-state index in [2.05, 4.69) is 15.3 Å². The van der Waals surface area contributed by atoms with E-state index in [1.165, 1.54) is 18.7 Å². The molecule has 0 bridgehead atoms. The van der Waals surface area contributed by atoms with Gasteiger partial charge >= 0.3 is 0 Å². The minimum absolute atomic E-state index is 0.0564. The summed E-state index contributed by atoms with van der Waals surface area (Å²) in [5.41, 5.74) is 0.511. The Morgan fingerprint density at radius 2 is 2.06 bits per heavy atom. The van der Waals surface area contributed by atoms with Gasteiger partial charge < -0.3 is 10.1 Å². The summed E-state index contributed by atoms with van der Waals surface area (Å²) in [6, 6.07) is 0. The fourth-order valence-electron chi connectivity index (χ4n) is 1.68. The highest BCUT2D eigenvalue weighted by molar-refractivity contribution is 5.96. The SMILES string of the molecule is O=C(COC1CCNCC1)c1cncnc1. The Kier molecular flexibility index (Phi) is 3.96. The minimum atomic E-state index is -0.0564. The zero-order valence-corrected chi connectivity index (χ0v) is 9.06. The van der Waals surface area contributed by atoms with Crippen LogP contribution in [0.15, 0.2) is 18.7 Å². The number of nitrogens with zero attached hydrogens (tertiary/aromatic N) is 2. The van der Waals surface area contributed by atoms with Crippen molar-refractivity contribution in [2.75, 3.05) is 19.7 Å². The van der Waals surface area contributed by atoms with Crippen molar-refractivity contribution >= 4 is 5.78 Å². The first kappa shape index (κ1) is 11.2. The van der Waals surface area contributed by atoms with Crippen molar-refractivity contribution in [1.29, 1.82) is 0 Å². The fraction of sp³-hybridized carbons (Fsp3) is 0.545. The number of carbonyl (C=O) groups is 1. The van der Waals surface area contributed by atoms with E-state index >= 15 is 0 Å². The Morgan fingerprint density at radius 3 is 2.75 bits per heavy atom. The van der Waals surface area contributed by atoms with Gasteiger partial charge in [-0.2, -0.15) is 0 Å². The van der Waals surface area contributed by atoms with E-state index in [9.17, 15) is 4.79 Å². The Labute approximate surface area is 94.2 Å². The molecule has 1 aromatic heterocycles. The first-order valence-corrected chi connectivity index (χ1v) is 5.47. The Bertz CT molecular complexity index is 336. The van der Waals surface area contributed by atoms with Crippen LogP contribution in [0, 0.1) is 0 Å². The van der Waals surface area contributed by atoms with Crippen LogP contribution in [0.5, 0.6) is 0 Å². The van der Waals surface area contributed by atoms with Gasteiger partial charge in [-0.15, -0.1) is 0 Å².